The molecule has 1 unspecified atom stereocenters. The van der Waals surface area contributed by atoms with E-state index in [1.54, 1.807) is 0 Å². The monoisotopic (exact) mass is 425 g/mol. The van der Waals surface area contributed by atoms with Crippen molar-refractivity contribution in [2.45, 2.75) is 31.8 Å². The molecule has 0 spiro atoms. The van der Waals surface area contributed by atoms with Crippen molar-refractivity contribution in [2.75, 3.05) is 13.1 Å². The van der Waals surface area contributed by atoms with E-state index < -0.39 is 0 Å². The number of imidazole rings is 1. The number of likely N-dealkylation sites (tertiary alicyclic amines) is 1. The molecule has 1 saturated heterocycles. The molecular formula is C26H27N5O. The van der Waals surface area contributed by atoms with Crippen LogP contribution in [0.1, 0.15) is 46.5 Å². The Bertz CT molecular complexity index is 1190. The van der Waals surface area contributed by atoms with E-state index in [1.807, 2.05) is 60.9 Å². The van der Waals surface area contributed by atoms with E-state index in [2.05, 4.69) is 37.8 Å². The number of nitrogens with one attached hydrogen (secondary N) is 1. The third-order valence-electron chi connectivity index (χ3n) is 6.09. The number of pyridine rings is 2. The number of aromatic nitrogens is 3. The molecule has 1 atom stereocenters. The highest BCUT2D eigenvalue weighted by Gasteiger charge is 2.31. The normalized spacial score (nSPS) is 16.4. The molecule has 1 aliphatic rings. The van der Waals surface area contributed by atoms with Gasteiger partial charge in [-0.25, -0.2) is 4.98 Å². The molecule has 32 heavy (non-hydrogen) atoms. The Balaban J connectivity index is 1.37. The molecule has 1 aliphatic heterocycles. The van der Waals surface area contributed by atoms with Crippen molar-refractivity contribution in [3.63, 3.8) is 0 Å². The highest BCUT2D eigenvalue weighted by Crippen LogP contribution is 2.33. The second-order valence-corrected chi connectivity index (χ2v) is 8.22. The van der Waals surface area contributed by atoms with Crippen LogP contribution in [0.2, 0.25) is 0 Å². The fraction of sp³-hybridized carbons (Fsp3) is 0.269. The molecule has 4 heterocycles. The van der Waals surface area contributed by atoms with Gasteiger partial charge in [0.25, 0.3) is 5.91 Å². The number of fused-ring (bicyclic) bond motifs is 1. The summed E-state index contributed by atoms with van der Waals surface area (Å²) in [5.41, 5.74) is 3.61. The van der Waals surface area contributed by atoms with Crippen molar-refractivity contribution in [3.8, 4) is 0 Å². The molecule has 1 fully saturated rings. The molecule has 1 amide bonds. The lowest BCUT2D eigenvalue weighted by molar-refractivity contribution is 0.0951. The summed E-state index contributed by atoms with van der Waals surface area (Å²) >= 11 is 0. The van der Waals surface area contributed by atoms with Crippen LogP contribution in [-0.2, 0) is 13.0 Å². The summed E-state index contributed by atoms with van der Waals surface area (Å²) in [7, 11) is 0. The van der Waals surface area contributed by atoms with Crippen LogP contribution in [0, 0.1) is 0 Å². The molecule has 1 aromatic carbocycles. The maximum absolute atomic E-state index is 13.0. The van der Waals surface area contributed by atoms with Crippen LogP contribution < -0.4 is 5.32 Å². The minimum absolute atomic E-state index is 0.120. The summed E-state index contributed by atoms with van der Waals surface area (Å²) in [5, 5.41) is 3.06. The number of hydrogen-bond acceptors (Lipinski definition) is 4. The topological polar surface area (TPSA) is 62.5 Å². The highest BCUT2D eigenvalue weighted by atomic mass is 16.1. The third-order valence-corrected chi connectivity index (χ3v) is 6.09. The largest absolute Gasteiger partial charge is 0.350 e. The smallest absolute Gasteiger partial charge is 0.272 e. The lowest BCUT2D eigenvalue weighted by atomic mass is 10.1. The summed E-state index contributed by atoms with van der Waals surface area (Å²) in [6.07, 6.45) is 6.78. The van der Waals surface area contributed by atoms with Crippen molar-refractivity contribution >= 4 is 11.4 Å². The molecule has 5 rings (SSSR count). The lowest BCUT2D eigenvalue weighted by Gasteiger charge is -2.23. The van der Waals surface area contributed by atoms with Crippen LogP contribution >= 0.6 is 0 Å². The van der Waals surface area contributed by atoms with Crippen molar-refractivity contribution in [2.24, 2.45) is 0 Å². The zero-order valence-electron chi connectivity index (χ0n) is 18.0. The van der Waals surface area contributed by atoms with E-state index in [0.29, 0.717) is 12.2 Å². The van der Waals surface area contributed by atoms with E-state index in [1.165, 1.54) is 5.56 Å². The van der Waals surface area contributed by atoms with Gasteiger partial charge in [-0.1, -0.05) is 42.5 Å². The van der Waals surface area contributed by atoms with E-state index >= 15 is 0 Å². The van der Waals surface area contributed by atoms with Crippen LogP contribution in [-0.4, -0.2) is 38.3 Å². The fourth-order valence-electron chi connectivity index (χ4n) is 4.52. The molecule has 162 valence electrons. The van der Waals surface area contributed by atoms with E-state index in [9.17, 15) is 4.79 Å². The van der Waals surface area contributed by atoms with Crippen LogP contribution in [0.5, 0.6) is 0 Å². The average molecular weight is 426 g/mol. The summed E-state index contributed by atoms with van der Waals surface area (Å²) in [6, 6.07) is 22.3. The highest BCUT2D eigenvalue weighted by molar-refractivity contribution is 5.99. The second kappa shape index (κ2) is 9.32. The second-order valence-electron chi connectivity index (χ2n) is 8.22. The van der Waals surface area contributed by atoms with Crippen molar-refractivity contribution < 1.29 is 4.79 Å². The number of rotatable bonds is 7. The SMILES string of the molecule is O=C(NCCc1ccccc1)c1nc(C2CCCN2Cc2ccccn2)n2ccccc12. The molecule has 0 radical (unpaired) electrons. The van der Waals surface area contributed by atoms with Gasteiger partial charge in [0, 0.05) is 25.5 Å². The van der Waals surface area contributed by atoms with Gasteiger partial charge in [-0.15, -0.1) is 0 Å². The Labute approximate surface area is 187 Å². The number of amides is 1. The number of hydrogen-bond donors (Lipinski definition) is 1. The molecule has 1 N–H and O–H groups in total. The van der Waals surface area contributed by atoms with Crippen LogP contribution in [0.25, 0.3) is 5.52 Å². The number of nitrogens with zero attached hydrogens (tertiary/aromatic N) is 4. The molecule has 4 aromatic rings. The number of benzene rings is 1. The first-order valence-corrected chi connectivity index (χ1v) is 11.2. The molecular weight excluding hydrogens is 398 g/mol. The fourth-order valence-corrected chi connectivity index (χ4v) is 4.52. The molecule has 6 heteroatoms. The zero-order valence-corrected chi connectivity index (χ0v) is 18.0. The first-order valence-electron chi connectivity index (χ1n) is 11.2. The van der Waals surface area contributed by atoms with Crippen molar-refractivity contribution in [3.05, 3.63) is 102 Å². The summed E-state index contributed by atoms with van der Waals surface area (Å²) in [6.45, 7) is 2.37. The van der Waals surface area contributed by atoms with Gasteiger partial charge >= 0.3 is 0 Å². The Morgan fingerprint density at radius 2 is 1.88 bits per heavy atom. The number of carbonyl (C=O) groups excluding carboxylic acids is 1. The average Bonchev–Trinajstić information content (AvgIpc) is 3.45. The van der Waals surface area contributed by atoms with E-state index in [0.717, 1.165) is 49.4 Å². The van der Waals surface area contributed by atoms with Gasteiger partial charge in [0.1, 0.15) is 5.82 Å². The lowest BCUT2D eigenvalue weighted by Crippen LogP contribution is -2.27. The molecule has 3 aromatic heterocycles. The van der Waals surface area contributed by atoms with Gasteiger partial charge in [-0.2, -0.15) is 0 Å². The van der Waals surface area contributed by atoms with E-state index in [-0.39, 0.29) is 11.9 Å². The Kier molecular flexibility index (Phi) is 5.94. The molecule has 6 nitrogen and oxygen atoms in total. The van der Waals surface area contributed by atoms with Gasteiger partial charge < -0.3 is 9.72 Å². The zero-order chi connectivity index (χ0) is 21.8. The first kappa shape index (κ1) is 20.4. The van der Waals surface area contributed by atoms with Gasteiger partial charge in [-0.3, -0.25) is 14.7 Å². The minimum Gasteiger partial charge on any atom is -0.350 e. The molecule has 0 bridgehead atoms. The number of carbonyl (C=O) groups is 1. The summed E-state index contributed by atoms with van der Waals surface area (Å²) in [4.78, 5) is 24.8. The predicted octanol–water partition coefficient (Wildman–Crippen LogP) is 4.04. The van der Waals surface area contributed by atoms with E-state index in [4.69, 9.17) is 4.98 Å². The van der Waals surface area contributed by atoms with Crippen LogP contribution in [0.4, 0.5) is 0 Å². The Hall–Kier alpha value is -3.51. The van der Waals surface area contributed by atoms with Crippen LogP contribution in [0.15, 0.2) is 79.1 Å². The molecule has 0 saturated carbocycles. The van der Waals surface area contributed by atoms with Gasteiger partial charge in [0.15, 0.2) is 5.69 Å². The predicted molar refractivity (Wildman–Crippen MR) is 124 cm³/mol. The maximum atomic E-state index is 13.0. The summed E-state index contributed by atoms with van der Waals surface area (Å²) < 4.78 is 2.08. The Morgan fingerprint density at radius 1 is 1.03 bits per heavy atom. The Morgan fingerprint density at radius 3 is 2.72 bits per heavy atom. The quantitative estimate of drug-likeness (QED) is 0.485. The summed E-state index contributed by atoms with van der Waals surface area (Å²) in [5.74, 6) is 0.812. The molecule has 0 aliphatic carbocycles. The maximum Gasteiger partial charge on any atom is 0.272 e. The van der Waals surface area contributed by atoms with Crippen molar-refractivity contribution in [1.29, 1.82) is 0 Å². The van der Waals surface area contributed by atoms with Gasteiger partial charge in [-0.05, 0) is 55.6 Å². The standard InChI is InChI=1S/C26H27N5O/c32-26(28-16-14-20-9-2-1-3-10-20)24-22-12-5-7-18-31(22)25(29-24)23-13-8-17-30(23)19-21-11-4-6-15-27-21/h1-7,9-12,15,18,23H,8,13-14,16-17,19H2,(H,28,32). The minimum atomic E-state index is -0.120. The third kappa shape index (κ3) is 4.27. The van der Waals surface area contributed by atoms with Gasteiger partial charge in [0.2, 0.25) is 0 Å². The van der Waals surface area contributed by atoms with Gasteiger partial charge in [0.05, 0.1) is 17.3 Å². The van der Waals surface area contributed by atoms with Crippen LogP contribution in [0.3, 0.4) is 0 Å². The first-order chi connectivity index (χ1) is 15.8. The van der Waals surface area contributed by atoms with Crippen molar-refractivity contribution in [1.82, 2.24) is 24.6 Å².